The summed E-state index contributed by atoms with van der Waals surface area (Å²) in [5.74, 6) is -0.299. The van der Waals surface area contributed by atoms with E-state index >= 15 is 0 Å². The van der Waals surface area contributed by atoms with Crippen LogP contribution in [0, 0.1) is 0 Å². The summed E-state index contributed by atoms with van der Waals surface area (Å²) >= 11 is 6.33. The molecule has 0 unspecified atom stereocenters. The van der Waals surface area contributed by atoms with Gasteiger partial charge in [-0.05, 0) is 44.7 Å². The van der Waals surface area contributed by atoms with Gasteiger partial charge in [0.2, 0.25) is 5.91 Å². The van der Waals surface area contributed by atoms with Crippen molar-refractivity contribution in [2.45, 2.75) is 56.5 Å². The van der Waals surface area contributed by atoms with E-state index in [9.17, 15) is 9.59 Å². The number of unbranched alkanes of at least 4 members (excludes halogenated alkanes) is 1. The Bertz CT molecular complexity index is 593. The summed E-state index contributed by atoms with van der Waals surface area (Å²) in [5.41, 5.74) is 11.1. The molecule has 0 bridgehead atoms. The Hall–Kier alpha value is -1.43. The van der Waals surface area contributed by atoms with E-state index in [-0.39, 0.29) is 11.7 Å². The van der Waals surface area contributed by atoms with Crippen LogP contribution in [0.2, 0.25) is 5.02 Å². The average molecular weight is 352 g/mol. The van der Waals surface area contributed by atoms with Crippen LogP contribution in [0.15, 0.2) is 24.3 Å². The SMILES string of the molecule is NCCCC[C@H](N)C(=O)N[C@@]1(c2ccccc2Cl)CCCCC1=O. The van der Waals surface area contributed by atoms with Gasteiger partial charge in [-0.3, -0.25) is 9.59 Å². The van der Waals surface area contributed by atoms with Crippen molar-refractivity contribution >= 4 is 23.3 Å². The van der Waals surface area contributed by atoms with Crippen molar-refractivity contribution < 1.29 is 9.59 Å². The van der Waals surface area contributed by atoms with Crippen molar-refractivity contribution in [3.8, 4) is 0 Å². The van der Waals surface area contributed by atoms with Crippen molar-refractivity contribution in [1.82, 2.24) is 5.32 Å². The number of hydrogen-bond acceptors (Lipinski definition) is 4. The number of benzene rings is 1. The zero-order valence-electron chi connectivity index (χ0n) is 13.9. The monoisotopic (exact) mass is 351 g/mol. The van der Waals surface area contributed by atoms with Gasteiger partial charge in [-0.2, -0.15) is 0 Å². The number of rotatable bonds is 7. The molecule has 0 aromatic heterocycles. The molecule has 6 heteroatoms. The van der Waals surface area contributed by atoms with E-state index in [0.29, 0.717) is 36.4 Å². The van der Waals surface area contributed by atoms with Gasteiger partial charge in [-0.15, -0.1) is 0 Å². The van der Waals surface area contributed by atoms with E-state index in [1.165, 1.54) is 0 Å². The summed E-state index contributed by atoms with van der Waals surface area (Å²) in [4.78, 5) is 25.3. The lowest BCUT2D eigenvalue weighted by atomic mass is 9.75. The maximum Gasteiger partial charge on any atom is 0.237 e. The van der Waals surface area contributed by atoms with Gasteiger partial charge in [0.15, 0.2) is 5.78 Å². The second kappa shape index (κ2) is 8.60. The second-order valence-electron chi connectivity index (χ2n) is 6.40. The molecule has 0 saturated heterocycles. The van der Waals surface area contributed by atoms with Crippen molar-refractivity contribution in [3.63, 3.8) is 0 Å². The molecule has 0 radical (unpaired) electrons. The quantitative estimate of drug-likeness (QED) is 0.656. The van der Waals surface area contributed by atoms with Gasteiger partial charge in [0.1, 0.15) is 5.54 Å². The Morgan fingerprint density at radius 2 is 2.04 bits per heavy atom. The molecule has 132 valence electrons. The van der Waals surface area contributed by atoms with Gasteiger partial charge in [0, 0.05) is 17.0 Å². The third-order valence-electron chi connectivity index (χ3n) is 4.66. The minimum atomic E-state index is -1.06. The predicted octanol–water partition coefficient (Wildman–Crippen LogP) is 2.25. The average Bonchev–Trinajstić information content (AvgIpc) is 2.57. The third-order valence-corrected chi connectivity index (χ3v) is 4.99. The fraction of sp³-hybridized carbons (Fsp3) is 0.556. The third kappa shape index (κ3) is 4.15. The van der Waals surface area contributed by atoms with Gasteiger partial charge in [0.05, 0.1) is 6.04 Å². The Balaban J connectivity index is 2.23. The van der Waals surface area contributed by atoms with Crippen LogP contribution in [0.1, 0.15) is 50.5 Å². The summed E-state index contributed by atoms with van der Waals surface area (Å²) in [6, 6.07) is 6.55. The molecule has 5 nitrogen and oxygen atoms in total. The number of nitrogens with two attached hydrogens (primary N) is 2. The first-order valence-electron chi connectivity index (χ1n) is 8.57. The van der Waals surface area contributed by atoms with Gasteiger partial charge < -0.3 is 16.8 Å². The first-order chi connectivity index (χ1) is 11.5. The highest BCUT2D eigenvalue weighted by Gasteiger charge is 2.44. The smallest absolute Gasteiger partial charge is 0.237 e. The minimum Gasteiger partial charge on any atom is -0.338 e. The normalized spacial score (nSPS) is 22.2. The second-order valence-corrected chi connectivity index (χ2v) is 6.80. The molecule has 0 aliphatic heterocycles. The molecule has 1 aliphatic rings. The fourth-order valence-electron chi connectivity index (χ4n) is 3.26. The molecule has 0 heterocycles. The lowest BCUT2D eigenvalue weighted by molar-refractivity contribution is -0.135. The number of amides is 1. The van der Waals surface area contributed by atoms with E-state index in [0.717, 1.165) is 25.7 Å². The van der Waals surface area contributed by atoms with Crippen molar-refractivity contribution in [2.24, 2.45) is 11.5 Å². The molecule has 24 heavy (non-hydrogen) atoms. The van der Waals surface area contributed by atoms with E-state index in [1.807, 2.05) is 18.2 Å². The number of ketones is 1. The summed E-state index contributed by atoms with van der Waals surface area (Å²) in [6.07, 6.45) is 4.86. The largest absolute Gasteiger partial charge is 0.338 e. The molecule has 1 aliphatic carbocycles. The highest BCUT2D eigenvalue weighted by Crippen LogP contribution is 2.38. The van der Waals surface area contributed by atoms with Gasteiger partial charge >= 0.3 is 0 Å². The van der Waals surface area contributed by atoms with Crippen LogP contribution in [0.5, 0.6) is 0 Å². The molecule has 1 saturated carbocycles. The first-order valence-corrected chi connectivity index (χ1v) is 8.95. The Morgan fingerprint density at radius 3 is 2.71 bits per heavy atom. The minimum absolute atomic E-state index is 0.00404. The van der Waals surface area contributed by atoms with Gasteiger partial charge in [0.25, 0.3) is 0 Å². The molecule has 1 fully saturated rings. The predicted molar refractivity (Wildman–Crippen MR) is 95.6 cm³/mol. The topological polar surface area (TPSA) is 98.2 Å². The van der Waals surface area contributed by atoms with Gasteiger partial charge in [-0.1, -0.05) is 36.2 Å². The molecular formula is C18H26ClN3O2. The zero-order valence-corrected chi connectivity index (χ0v) is 14.6. The van der Waals surface area contributed by atoms with Crippen molar-refractivity contribution in [1.29, 1.82) is 0 Å². The van der Waals surface area contributed by atoms with Crippen LogP contribution in [0.3, 0.4) is 0 Å². The molecule has 0 spiro atoms. The molecule has 1 aromatic carbocycles. The Morgan fingerprint density at radius 1 is 1.29 bits per heavy atom. The number of nitrogens with one attached hydrogen (secondary N) is 1. The number of hydrogen-bond donors (Lipinski definition) is 3. The molecule has 1 amide bonds. The van der Waals surface area contributed by atoms with Crippen molar-refractivity contribution in [3.05, 3.63) is 34.9 Å². The standard InChI is InChI=1S/C18H26ClN3O2/c19-14-8-2-1-7-13(14)18(11-5-3-10-16(18)23)22-17(24)15(21)9-4-6-12-20/h1-2,7-8,15H,3-6,9-12,20-21H2,(H,22,24)/t15-,18+/m0/s1. The van der Waals surface area contributed by atoms with E-state index in [2.05, 4.69) is 5.32 Å². The van der Waals surface area contributed by atoms with Gasteiger partial charge in [-0.25, -0.2) is 0 Å². The Kier molecular flexibility index (Phi) is 6.78. The highest BCUT2D eigenvalue weighted by atomic mass is 35.5. The van der Waals surface area contributed by atoms with Crippen molar-refractivity contribution in [2.75, 3.05) is 6.54 Å². The molecule has 2 rings (SSSR count). The molecule has 5 N–H and O–H groups in total. The molecular weight excluding hydrogens is 326 g/mol. The summed E-state index contributed by atoms with van der Waals surface area (Å²) in [7, 11) is 0. The number of halogens is 1. The van der Waals surface area contributed by atoms with Crippen LogP contribution >= 0.6 is 11.6 Å². The fourth-order valence-corrected chi connectivity index (χ4v) is 3.56. The summed E-state index contributed by atoms with van der Waals surface area (Å²) in [5, 5.41) is 3.43. The van der Waals surface area contributed by atoms with E-state index in [4.69, 9.17) is 23.1 Å². The zero-order chi connectivity index (χ0) is 17.6. The van der Waals surface area contributed by atoms with E-state index < -0.39 is 11.6 Å². The maximum absolute atomic E-state index is 12.8. The number of Topliss-reactive ketones (excluding diaryl/α,β-unsaturated/α-hetero) is 1. The first kappa shape index (κ1) is 18.9. The Labute approximate surface area is 148 Å². The van der Waals surface area contributed by atoms with E-state index in [1.54, 1.807) is 6.07 Å². The number of carbonyl (C=O) groups excluding carboxylic acids is 2. The highest BCUT2D eigenvalue weighted by molar-refractivity contribution is 6.31. The molecule has 1 aromatic rings. The lowest BCUT2D eigenvalue weighted by Crippen LogP contribution is -2.57. The van der Waals surface area contributed by atoms with Crippen LogP contribution in [0.4, 0.5) is 0 Å². The van der Waals surface area contributed by atoms with Crippen LogP contribution < -0.4 is 16.8 Å². The summed E-state index contributed by atoms with van der Waals surface area (Å²) in [6.45, 7) is 0.580. The summed E-state index contributed by atoms with van der Waals surface area (Å²) < 4.78 is 0. The van der Waals surface area contributed by atoms with Crippen LogP contribution in [-0.4, -0.2) is 24.3 Å². The van der Waals surface area contributed by atoms with Crippen LogP contribution in [-0.2, 0) is 15.1 Å². The number of carbonyl (C=O) groups is 2. The molecule has 2 atom stereocenters. The van der Waals surface area contributed by atoms with Crippen LogP contribution in [0.25, 0.3) is 0 Å². The lowest BCUT2D eigenvalue weighted by Gasteiger charge is -2.38. The maximum atomic E-state index is 12.8.